The van der Waals surface area contributed by atoms with E-state index in [1.165, 1.54) is 0 Å². The lowest BCUT2D eigenvalue weighted by Crippen LogP contribution is -2.59. The van der Waals surface area contributed by atoms with Crippen LogP contribution in [0.15, 0.2) is 6.20 Å². The van der Waals surface area contributed by atoms with Crippen LogP contribution >= 0.6 is 11.5 Å². The molecule has 18 heavy (non-hydrogen) atoms. The van der Waals surface area contributed by atoms with E-state index in [-0.39, 0.29) is 17.2 Å². The van der Waals surface area contributed by atoms with E-state index in [0.29, 0.717) is 18.1 Å². The lowest BCUT2D eigenvalue weighted by atomic mass is 9.99. The number of hydrogen-bond acceptors (Lipinski definition) is 5. The van der Waals surface area contributed by atoms with E-state index in [2.05, 4.69) is 14.9 Å². The summed E-state index contributed by atoms with van der Waals surface area (Å²) in [6.45, 7) is 9.08. The predicted molar refractivity (Wildman–Crippen MR) is 69.7 cm³/mol. The van der Waals surface area contributed by atoms with Gasteiger partial charge in [0.05, 0.1) is 30.5 Å². The molecule has 0 unspecified atom stereocenters. The van der Waals surface area contributed by atoms with Crippen LogP contribution < -0.4 is 5.32 Å². The number of hydrogen-bond donors (Lipinski definition) is 1. The summed E-state index contributed by atoms with van der Waals surface area (Å²) in [5, 5.41) is 7.14. The Labute approximate surface area is 110 Å². The van der Waals surface area contributed by atoms with Crippen molar-refractivity contribution in [3.63, 3.8) is 0 Å². The van der Waals surface area contributed by atoms with Crippen molar-refractivity contribution in [2.24, 2.45) is 0 Å². The third kappa shape index (κ3) is 3.17. The maximum atomic E-state index is 12.2. The summed E-state index contributed by atoms with van der Waals surface area (Å²) in [7, 11) is 0. The minimum Gasteiger partial charge on any atom is -0.366 e. The molecule has 7 heteroatoms. The standard InChI is InChI=1S/C11H18N4O2S/c1-10(2)6-15(7-11(3,4)17-10)9(16)13-8-5-12-14-18-8/h5H,6-7H2,1-4H3,(H,13,16). The smallest absolute Gasteiger partial charge is 0.322 e. The zero-order chi connectivity index (χ0) is 13.4. The van der Waals surface area contributed by atoms with Crippen LogP contribution in [0.25, 0.3) is 0 Å². The molecule has 1 aromatic heterocycles. The first kappa shape index (κ1) is 13.2. The number of urea groups is 1. The average molecular weight is 270 g/mol. The highest BCUT2D eigenvalue weighted by atomic mass is 32.1. The molecule has 100 valence electrons. The van der Waals surface area contributed by atoms with Crippen molar-refractivity contribution in [1.29, 1.82) is 0 Å². The summed E-state index contributed by atoms with van der Waals surface area (Å²) in [5.41, 5.74) is -0.684. The van der Waals surface area contributed by atoms with Crippen LogP contribution in [-0.2, 0) is 4.74 Å². The number of carbonyl (C=O) groups is 1. The summed E-state index contributed by atoms with van der Waals surface area (Å²) in [6.07, 6.45) is 1.54. The second-order valence-electron chi connectivity index (χ2n) is 5.69. The SMILES string of the molecule is CC1(C)CN(C(=O)Nc2cnns2)CC(C)(C)O1. The third-order valence-electron chi connectivity index (χ3n) is 2.57. The van der Waals surface area contributed by atoms with Gasteiger partial charge >= 0.3 is 6.03 Å². The highest BCUT2D eigenvalue weighted by Crippen LogP contribution is 2.28. The quantitative estimate of drug-likeness (QED) is 0.847. The largest absolute Gasteiger partial charge is 0.366 e. The van der Waals surface area contributed by atoms with Crippen molar-refractivity contribution in [2.45, 2.75) is 38.9 Å². The Bertz CT molecular complexity index is 414. The van der Waals surface area contributed by atoms with Gasteiger partial charge < -0.3 is 9.64 Å². The number of ether oxygens (including phenoxy) is 1. The fourth-order valence-electron chi connectivity index (χ4n) is 2.34. The van der Waals surface area contributed by atoms with E-state index < -0.39 is 0 Å². The molecule has 1 fully saturated rings. The molecule has 1 aliphatic rings. The van der Waals surface area contributed by atoms with Crippen molar-refractivity contribution in [3.05, 3.63) is 6.20 Å². The monoisotopic (exact) mass is 270 g/mol. The Balaban J connectivity index is 2.06. The van der Waals surface area contributed by atoms with Crippen molar-refractivity contribution < 1.29 is 9.53 Å². The molecule has 6 nitrogen and oxygen atoms in total. The molecular formula is C11H18N4O2S. The Morgan fingerprint density at radius 2 is 2.00 bits per heavy atom. The van der Waals surface area contributed by atoms with Crippen LogP contribution in [0.2, 0.25) is 0 Å². The van der Waals surface area contributed by atoms with Gasteiger partial charge in [0.25, 0.3) is 0 Å². The van der Waals surface area contributed by atoms with E-state index in [0.717, 1.165) is 11.5 Å². The summed E-state index contributed by atoms with van der Waals surface area (Å²) in [6, 6.07) is -0.134. The van der Waals surface area contributed by atoms with E-state index in [4.69, 9.17) is 4.74 Å². The number of rotatable bonds is 1. The Morgan fingerprint density at radius 1 is 1.39 bits per heavy atom. The molecule has 0 aromatic carbocycles. The van der Waals surface area contributed by atoms with Gasteiger partial charge in [0.2, 0.25) is 0 Å². The number of nitrogens with one attached hydrogen (secondary N) is 1. The molecule has 0 aliphatic carbocycles. The molecule has 0 atom stereocenters. The lowest BCUT2D eigenvalue weighted by molar-refractivity contribution is -0.169. The zero-order valence-electron chi connectivity index (χ0n) is 11.1. The first-order valence-electron chi connectivity index (χ1n) is 5.81. The highest BCUT2D eigenvalue weighted by Gasteiger charge is 2.40. The van der Waals surface area contributed by atoms with Crippen LogP contribution in [0.3, 0.4) is 0 Å². The first-order valence-corrected chi connectivity index (χ1v) is 6.58. The first-order chi connectivity index (χ1) is 8.27. The van der Waals surface area contributed by atoms with Crippen LogP contribution in [-0.4, -0.2) is 44.8 Å². The summed E-state index contributed by atoms with van der Waals surface area (Å²) >= 11 is 1.16. The topological polar surface area (TPSA) is 67.4 Å². The Morgan fingerprint density at radius 3 is 2.50 bits per heavy atom. The van der Waals surface area contributed by atoms with Crippen LogP contribution in [0.5, 0.6) is 0 Å². The van der Waals surface area contributed by atoms with Gasteiger partial charge in [-0.1, -0.05) is 4.49 Å². The number of morpholine rings is 1. The number of aromatic nitrogens is 2. The molecule has 1 N–H and O–H groups in total. The van der Waals surface area contributed by atoms with Crippen LogP contribution in [0.4, 0.5) is 9.80 Å². The normalized spacial score (nSPS) is 21.7. The zero-order valence-corrected chi connectivity index (χ0v) is 11.9. The van der Waals surface area contributed by atoms with Gasteiger partial charge in [-0.15, -0.1) is 5.10 Å². The van der Waals surface area contributed by atoms with E-state index in [9.17, 15) is 4.79 Å². The molecule has 1 saturated heterocycles. The maximum Gasteiger partial charge on any atom is 0.322 e. The van der Waals surface area contributed by atoms with Gasteiger partial charge in [-0.05, 0) is 27.7 Å². The molecule has 0 radical (unpaired) electrons. The molecule has 1 aliphatic heterocycles. The van der Waals surface area contributed by atoms with Gasteiger partial charge in [0, 0.05) is 11.5 Å². The molecule has 2 amide bonds. The minimum absolute atomic E-state index is 0.134. The third-order valence-corrected chi connectivity index (χ3v) is 3.15. The van der Waals surface area contributed by atoms with Crippen LogP contribution in [0.1, 0.15) is 27.7 Å². The predicted octanol–water partition coefficient (Wildman–Crippen LogP) is 1.96. The van der Waals surface area contributed by atoms with Crippen LogP contribution in [0, 0.1) is 0 Å². The Hall–Kier alpha value is -1.21. The molecule has 2 heterocycles. The Kier molecular flexibility index (Phi) is 3.29. The molecule has 1 aromatic rings. The van der Waals surface area contributed by atoms with Gasteiger partial charge in [-0.25, -0.2) is 4.79 Å². The number of nitrogens with zero attached hydrogens (tertiary/aromatic N) is 3. The lowest BCUT2D eigenvalue weighted by Gasteiger charge is -2.46. The minimum atomic E-state index is -0.342. The van der Waals surface area contributed by atoms with Crippen molar-refractivity contribution >= 4 is 22.6 Å². The van der Waals surface area contributed by atoms with Gasteiger partial charge in [0.1, 0.15) is 5.00 Å². The maximum absolute atomic E-state index is 12.2. The fraction of sp³-hybridized carbons (Fsp3) is 0.727. The van der Waals surface area contributed by atoms with E-state index in [1.54, 1.807) is 11.1 Å². The van der Waals surface area contributed by atoms with Crippen molar-refractivity contribution in [1.82, 2.24) is 14.5 Å². The second-order valence-corrected chi connectivity index (χ2v) is 6.48. The van der Waals surface area contributed by atoms with E-state index >= 15 is 0 Å². The van der Waals surface area contributed by atoms with Crippen molar-refractivity contribution in [2.75, 3.05) is 18.4 Å². The van der Waals surface area contributed by atoms with Crippen molar-refractivity contribution in [3.8, 4) is 0 Å². The second kappa shape index (κ2) is 4.47. The molecule has 0 saturated carbocycles. The summed E-state index contributed by atoms with van der Waals surface area (Å²) in [4.78, 5) is 13.9. The fourth-order valence-corrected chi connectivity index (χ4v) is 2.75. The van der Waals surface area contributed by atoms with Gasteiger partial charge in [0.15, 0.2) is 0 Å². The number of carbonyl (C=O) groups excluding carboxylic acids is 1. The molecular weight excluding hydrogens is 252 g/mol. The average Bonchev–Trinajstić information content (AvgIpc) is 2.65. The number of amides is 2. The molecule has 0 bridgehead atoms. The molecule has 0 spiro atoms. The number of anilines is 1. The van der Waals surface area contributed by atoms with Gasteiger partial charge in [-0.3, -0.25) is 5.32 Å². The molecule has 2 rings (SSSR count). The summed E-state index contributed by atoms with van der Waals surface area (Å²) < 4.78 is 9.64. The summed E-state index contributed by atoms with van der Waals surface area (Å²) in [5.74, 6) is 0. The highest BCUT2D eigenvalue weighted by molar-refractivity contribution is 7.10. The van der Waals surface area contributed by atoms with Gasteiger partial charge in [-0.2, -0.15) is 0 Å². The van der Waals surface area contributed by atoms with E-state index in [1.807, 2.05) is 27.7 Å².